The van der Waals surface area contributed by atoms with Crippen LogP contribution in [-0.2, 0) is 9.53 Å². The second-order valence-electron chi connectivity index (χ2n) is 4.74. The molecule has 1 aromatic rings. The number of nitro benzene ring substituents is 1. The van der Waals surface area contributed by atoms with Crippen LogP contribution >= 0.6 is 0 Å². The summed E-state index contributed by atoms with van der Waals surface area (Å²) >= 11 is 0. The van der Waals surface area contributed by atoms with Gasteiger partial charge in [-0.2, -0.15) is 0 Å². The second-order valence-corrected chi connectivity index (χ2v) is 4.74. The van der Waals surface area contributed by atoms with Crippen molar-refractivity contribution in [1.29, 1.82) is 0 Å². The van der Waals surface area contributed by atoms with Gasteiger partial charge in [-0.1, -0.05) is 6.08 Å². The zero-order chi connectivity index (χ0) is 18.1. The molecule has 1 aromatic carbocycles. The zero-order valence-electron chi connectivity index (χ0n) is 13.7. The molecule has 130 valence electrons. The third-order valence-electron chi connectivity index (χ3n) is 3.15. The molecular formula is C16H20N2O6. The van der Waals surface area contributed by atoms with Crippen LogP contribution in [0.4, 0.5) is 5.69 Å². The van der Waals surface area contributed by atoms with Crippen molar-refractivity contribution in [3.8, 4) is 5.75 Å². The van der Waals surface area contributed by atoms with E-state index in [2.05, 4.69) is 6.58 Å². The average molecular weight is 336 g/mol. The van der Waals surface area contributed by atoms with E-state index in [1.54, 1.807) is 6.92 Å². The van der Waals surface area contributed by atoms with Gasteiger partial charge < -0.3 is 14.4 Å². The van der Waals surface area contributed by atoms with Gasteiger partial charge in [0.25, 0.3) is 5.91 Å². The zero-order valence-corrected chi connectivity index (χ0v) is 13.7. The Balaban J connectivity index is 2.97. The number of carbonyl (C=O) groups is 2. The summed E-state index contributed by atoms with van der Waals surface area (Å²) in [6.07, 6.45) is 1.55. The molecule has 0 unspecified atom stereocenters. The molecule has 0 bridgehead atoms. The molecule has 0 spiro atoms. The maximum Gasteiger partial charge on any atom is 0.311 e. The fourth-order valence-corrected chi connectivity index (χ4v) is 2.04. The Kier molecular flexibility index (Phi) is 7.41. The predicted octanol–water partition coefficient (Wildman–Crippen LogP) is 2.18. The average Bonchev–Trinajstić information content (AvgIpc) is 2.57. The molecule has 24 heavy (non-hydrogen) atoms. The highest BCUT2D eigenvalue weighted by Crippen LogP contribution is 2.28. The topological polar surface area (TPSA) is 99.0 Å². The number of nitro groups is 1. The van der Waals surface area contributed by atoms with Crippen molar-refractivity contribution < 1.29 is 24.0 Å². The van der Waals surface area contributed by atoms with Crippen LogP contribution in [0.15, 0.2) is 30.9 Å². The first-order valence-electron chi connectivity index (χ1n) is 7.32. The summed E-state index contributed by atoms with van der Waals surface area (Å²) in [5.41, 5.74) is -0.166. The Morgan fingerprint density at radius 1 is 1.42 bits per heavy atom. The van der Waals surface area contributed by atoms with E-state index < -0.39 is 16.8 Å². The molecular weight excluding hydrogens is 316 g/mol. The van der Waals surface area contributed by atoms with Gasteiger partial charge in [0.15, 0.2) is 5.75 Å². The van der Waals surface area contributed by atoms with Crippen LogP contribution in [0, 0.1) is 10.1 Å². The summed E-state index contributed by atoms with van der Waals surface area (Å²) in [5.74, 6) is -0.789. The molecule has 8 heteroatoms. The van der Waals surface area contributed by atoms with Crippen LogP contribution in [0.3, 0.4) is 0 Å². The number of hydrogen-bond donors (Lipinski definition) is 0. The van der Waals surface area contributed by atoms with Crippen molar-refractivity contribution in [3.63, 3.8) is 0 Å². The standard InChI is InChI=1S/C16H20N2O6/c1-4-9-17(10-8-15(19)24-5-2)16(20)12-6-7-14(23-3)13(11-12)18(21)22/h4,6-7,11H,1,5,8-10H2,2-3H3. The molecule has 0 radical (unpaired) electrons. The van der Waals surface area contributed by atoms with Crippen molar-refractivity contribution >= 4 is 17.6 Å². The molecule has 0 aliphatic rings. The maximum absolute atomic E-state index is 12.5. The quantitative estimate of drug-likeness (QED) is 0.297. The molecule has 0 aliphatic carbocycles. The second kappa shape index (κ2) is 9.29. The van der Waals surface area contributed by atoms with Gasteiger partial charge in [-0.05, 0) is 19.1 Å². The monoisotopic (exact) mass is 336 g/mol. The van der Waals surface area contributed by atoms with Crippen molar-refractivity contribution in [2.75, 3.05) is 26.8 Å². The van der Waals surface area contributed by atoms with E-state index in [4.69, 9.17) is 9.47 Å². The van der Waals surface area contributed by atoms with Crippen molar-refractivity contribution in [1.82, 2.24) is 4.90 Å². The van der Waals surface area contributed by atoms with Gasteiger partial charge in [-0.25, -0.2) is 0 Å². The minimum absolute atomic E-state index is 0.0334. The first-order valence-corrected chi connectivity index (χ1v) is 7.32. The van der Waals surface area contributed by atoms with Gasteiger partial charge in [-0.3, -0.25) is 19.7 Å². The number of nitrogens with zero attached hydrogens (tertiary/aromatic N) is 2. The predicted molar refractivity (Wildman–Crippen MR) is 87.0 cm³/mol. The number of methoxy groups -OCH3 is 1. The Morgan fingerprint density at radius 2 is 2.12 bits per heavy atom. The summed E-state index contributed by atoms with van der Waals surface area (Å²) in [5, 5.41) is 11.1. The molecule has 0 fully saturated rings. The van der Waals surface area contributed by atoms with Gasteiger partial charge in [0.05, 0.1) is 25.1 Å². The summed E-state index contributed by atoms with van der Waals surface area (Å²) < 4.78 is 9.74. The third kappa shape index (κ3) is 5.08. The molecule has 0 aromatic heterocycles. The van der Waals surface area contributed by atoms with E-state index in [1.807, 2.05) is 0 Å². The van der Waals surface area contributed by atoms with Crippen LogP contribution in [0.1, 0.15) is 23.7 Å². The summed E-state index contributed by atoms with van der Waals surface area (Å²) in [4.78, 5) is 35.8. The number of rotatable bonds is 9. The van der Waals surface area contributed by atoms with Gasteiger partial charge in [0.1, 0.15) is 0 Å². The fourth-order valence-electron chi connectivity index (χ4n) is 2.04. The maximum atomic E-state index is 12.5. The molecule has 0 saturated carbocycles. The highest BCUT2D eigenvalue weighted by atomic mass is 16.6. The van der Waals surface area contributed by atoms with Gasteiger partial charge in [0, 0.05) is 24.7 Å². The molecule has 0 aliphatic heterocycles. The van der Waals surface area contributed by atoms with Crippen LogP contribution in [0.5, 0.6) is 5.75 Å². The molecule has 0 saturated heterocycles. The molecule has 0 atom stereocenters. The van der Waals surface area contributed by atoms with Crippen LogP contribution in [0.2, 0.25) is 0 Å². The minimum Gasteiger partial charge on any atom is -0.490 e. The lowest BCUT2D eigenvalue weighted by molar-refractivity contribution is -0.385. The number of hydrogen-bond acceptors (Lipinski definition) is 6. The van der Waals surface area contributed by atoms with E-state index in [1.165, 1.54) is 30.2 Å². The van der Waals surface area contributed by atoms with E-state index in [9.17, 15) is 19.7 Å². The van der Waals surface area contributed by atoms with Gasteiger partial charge >= 0.3 is 11.7 Å². The van der Waals surface area contributed by atoms with E-state index in [-0.39, 0.29) is 43.1 Å². The van der Waals surface area contributed by atoms with Gasteiger partial charge in [-0.15, -0.1) is 6.58 Å². The number of ether oxygens (including phenoxy) is 2. The minimum atomic E-state index is -0.619. The lowest BCUT2D eigenvalue weighted by atomic mass is 10.1. The largest absolute Gasteiger partial charge is 0.490 e. The van der Waals surface area contributed by atoms with Crippen molar-refractivity contribution in [3.05, 3.63) is 46.5 Å². The summed E-state index contributed by atoms with van der Waals surface area (Å²) in [6.45, 7) is 5.87. The third-order valence-corrected chi connectivity index (χ3v) is 3.15. The van der Waals surface area contributed by atoms with Crippen LogP contribution in [-0.4, -0.2) is 48.5 Å². The first-order chi connectivity index (χ1) is 11.4. The summed E-state index contributed by atoms with van der Waals surface area (Å²) in [7, 11) is 1.31. The van der Waals surface area contributed by atoms with Crippen molar-refractivity contribution in [2.24, 2.45) is 0 Å². The highest BCUT2D eigenvalue weighted by Gasteiger charge is 2.21. The molecule has 1 rings (SSSR count). The molecule has 1 amide bonds. The van der Waals surface area contributed by atoms with E-state index in [0.717, 1.165) is 6.07 Å². The molecule has 0 N–H and O–H groups in total. The van der Waals surface area contributed by atoms with Gasteiger partial charge in [0.2, 0.25) is 0 Å². The molecule has 0 heterocycles. The normalized spacial score (nSPS) is 9.92. The number of esters is 1. The fraction of sp³-hybridized carbons (Fsp3) is 0.375. The van der Waals surface area contributed by atoms with E-state index >= 15 is 0 Å². The Labute approximate surface area is 139 Å². The SMILES string of the molecule is C=CCN(CCC(=O)OCC)C(=O)c1ccc(OC)c([N+](=O)[O-])c1. The first kappa shape index (κ1) is 19.1. The Hall–Kier alpha value is -2.90. The number of benzene rings is 1. The van der Waals surface area contributed by atoms with Crippen LogP contribution in [0.25, 0.3) is 0 Å². The number of amides is 1. The molecule has 8 nitrogen and oxygen atoms in total. The van der Waals surface area contributed by atoms with E-state index in [0.29, 0.717) is 0 Å². The Bertz CT molecular complexity index is 629. The number of carbonyl (C=O) groups excluding carboxylic acids is 2. The highest BCUT2D eigenvalue weighted by molar-refractivity contribution is 5.95. The summed E-state index contributed by atoms with van der Waals surface area (Å²) in [6, 6.07) is 3.96. The lowest BCUT2D eigenvalue weighted by Gasteiger charge is -2.20. The van der Waals surface area contributed by atoms with Crippen LogP contribution < -0.4 is 4.74 Å². The smallest absolute Gasteiger partial charge is 0.311 e. The Morgan fingerprint density at radius 3 is 2.67 bits per heavy atom. The lowest BCUT2D eigenvalue weighted by Crippen LogP contribution is -2.33. The van der Waals surface area contributed by atoms with Crippen molar-refractivity contribution in [2.45, 2.75) is 13.3 Å².